The molecule has 0 saturated heterocycles. The first-order valence-corrected chi connectivity index (χ1v) is 4.98. The number of carbonyl (C=O) groups excluding carboxylic acids is 1. The summed E-state index contributed by atoms with van der Waals surface area (Å²) in [6, 6.07) is 2.71. The molecule has 0 aliphatic heterocycles. The van der Waals surface area contributed by atoms with Gasteiger partial charge in [-0.25, -0.2) is 9.18 Å². The second-order valence-corrected chi connectivity index (χ2v) is 3.92. The first-order chi connectivity index (χ1) is 7.97. The summed E-state index contributed by atoms with van der Waals surface area (Å²) in [4.78, 5) is 14.1. The van der Waals surface area contributed by atoms with E-state index in [9.17, 15) is 9.18 Å². The van der Waals surface area contributed by atoms with Crippen LogP contribution in [0.25, 0.3) is 0 Å². The highest BCUT2D eigenvalue weighted by Gasteiger charge is 2.30. The maximum Gasteiger partial charge on any atom is 0.235 e. The third-order valence-electron chi connectivity index (χ3n) is 2.43. The van der Waals surface area contributed by atoms with Gasteiger partial charge in [-0.05, 0) is 26.0 Å². The van der Waals surface area contributed by atoms with E-state index in [1.165, 1.54) is 32.4 Å². The van der Waals surface area contributed by atoms with Gasteiger partial charge in [0, 0.05) is 0 Å². The number of nitrogens with zero attached hydrogens (tertiary/aromatic N) is 1. The largest absolute Gasteiger partial charge is 0.496 e. The molecule has 0 saturated carbocycles. The lowest BCUT2D eigenvalue weighted by Gasteiger charge is -2.23. The van der Waals surface area contributed by atoms with Crippen LogP contribution in [0.1, 0.15) is 19.4 Å². The lowest BCUT2D eigenvalue weighted by molar-refractivity contribution is 0.347. The molecule has 0 aliphatic carbocycles. The van der Waals surface area contributed by atoms with E-state index in [1.54, 1.807) is 13.8 Å². The van der Waals surface area contributed by atoms with Gasteiger partial charge in [0.1, 0.15) is 5.75 Å². The van der Waals surface area contributed by atoms with Crippen LogP contribution in [0, 0.1) is 5.82 Å². The van der Waals surface area contributed by atoms with Crippen LogP contribution >= 0.6 is 0 Å². The first kappa shape index (κ1) is 13.2. The normalized spacial score (nSPS) is 10.6. The average molecular weight is 239 g/mol. The Labute approximate surface area is 99.1 Å². The van der Waals surface area contributed by atoms with Gasteiger partial charge in [0.25, 0.3) is 0 Å². The monoisotopic (exact) mass is 239 g/mol. The summed E-state index contributed by atoms with van der Waals surface area (Å²) >= 11 is 0. The maximum absolute atomic E-state index is 13.6. The molecular weight excluding hydrogens is 225 g/mol. The molecular formula is C12H14FNO3. The molecule has 0 heterocycles. The minimum absolute atomic E-state index is 0.0216. The van der Waals surface area contributed by atoms with E-state index in [0.29, 0.717) is 11.3 Å². The molecule has 92 valence electrons. The summed E-state index contributed by atoms with van der Waals surface area (Å²) in [5, 5.41) is 0. The van der Waals surface area contributed by atoms with Crippen molar-refractivity contribution in [2.75, 3.05) is 14.2 Å². The van der Waals surface area contributed by atoms with Gasteiger partial charge >= 0.3 is 0 Å². The third kappa shape index (κ3) is 2.45. The molecule has 4 nitrogen and oxygen atoms in total. The van der Waals surface area contributed by atoms with E-state index in [-0.39, 0.29) is 5.75 Å². The molecule has 1 rings (SSSR count). The number of ether oxygens (including phenoxy) is 2. The van der Waals surface area contributed by atoms with Gasteiger partial charge in [-0.15, -0.1) is 0 Å². The predicted molar refractivity (Wildman–Crippen MR) is 60.7 cm³/mol. The Bertz CT molecular complexity index is 465. The number of benzene rings is 1. The molecule has 5 heteroatoms. The van der Waals surface area contributed by atoms with E-state index in [0.717, 1.165) is 0 Å². The van der Waals surface area contributed by atoms with Crippen molar-refractivity contribution in [3.63, 3.8) is 0 Å². The Kier molecular flexibility index (Phi) is 3.86. The van der Waals surface area contributed by atoms with E-state index in [4.69, 9.17) is 9.47 Å². The molecule has 0 amide bonds. The second-order valence-electron chi connectivity index (χ2n) is 3.92. The maximum atomic E-state index is 13.6. The molecule has 0 spiro atoms. The zero-order valence-corrected chi connectivity index (χ0v) is 10.2. The van der Waals surface area contributed by atoms with Crippen LogP contribution in [0.5, 0.6) is 11.5 Å². The first-order valence-electron chi connectivity index (χ1n) is 4.98. The number of hydrogen-bond donors (Lipinski definition) is 0. The summed E-state index contributed by atoms with van der Waals surface area (Å²) < 4.78 is 23.8. The second kappa shape index (κ2) is 4.97. The topological polar surface area (TPSA) is 47.9 Å². The smallest absolute Gasteiger partial charge is 0.235 e. The van der Waals surface area contributed by atoms with E-state index in [2.05, 4.69) is 4.99 Å². The zero-order chi connectivity index (χ0) is 13.1. The number of hydrogen-bond acceptors (Lipinski definition) is 4. The van der Waals surface area contributed by atoms with Gasteiger partial charge in [-0.1, -0.05) is 0 Å². The molecule has 0 radical (unpaired) electrons. The van der Waals surface area contributed by atoms with Crippen molar-refractivity contribution < 1.29 is 18.7 Å². The van der Waals surface area contributed by atoms with Crippen molar-refractivity contribution in [1.29, 1.82) is 0 Å². The van der Waals surface area contributed by atoms with Gasteiger partial charge in [0.05, 0.1) is 25.3 Å². The van der Waals surface area contributed by atoms with Crippen LogP contribution in [0.2, 0.25) is 0 Å². The molecule has 0 aliphatic rings. The van der Waals surface area contributed by atoms with Crippen LogP contribution in [-0.4, -0.2) is 20.3 Å². The zero-order valence-electron chi connectivity index (χ0n) is 10.2. The Morgan fingerprint density at radius 3 is 2.41 bits per heavy atom. The van der Waals surface area contributed by atoms with Crippen LogP contribution in [0.4, 0.5) is 4.39 Å². The minimum Gasteiger partial charge on any atom is -0.496 e. The molecule has 0 aromatic heterocycles. The quantitative estimate of drug-likeness (QED) is 0.598. The third-order valence-corrected chi connectivity index (χ3v) is 2.43. The Hall–Kier alpha value is -1.87. The summed E-state index contributed by atoms with van der Waals surface area (Å²) in [5.74, 6) is -0.0990. The molecule has 0 N–H and O–H groups in total. The standard InChI is InChI=1S/C12H14FNO3/c1-12(2,14-7-15)10-9(16-3)6-5-8(13)11(10)17-4/h5-6H,1-4H3. The van der Waals surface area contributed by atoms with Crippen molar-refractivity contribution in [3.8, 4) is 11.5 Å². The van der Waals surface area contributed by atoms with Crippen LogP contribution in [-0.2, 0) is 10.3 Å². The van der Waals surface area contributed by atoms with Gasteiger partial charge in [-0.3, -0.25) is 0 Å². The number of rotatable bonds is 4. The van der Waals surface area contributed by atoms with Crippen molar-refractivity contribution >= 4 is 6.08 Å². The molecule has 0 atom stereocenters. The van der Waals surface area contributed by atoms with Gasteiger partial charge < -0.3 is 9.47 Å². The number of isocyanates is 1. The molecule has 0 bridgehead atoms. The Morgan fingerprint density at radius 2 is 1.94 bits per heavy atom. The molecule has 0 fully saturated rings. The van der Waals surface area contributed by atoms with E-state index in [1.807, 2.05) is 0 Å². The van der Waals surface area contributed by atoms with Crippen molar-refractivity contribution in [2.24, 2.45) is 4.99 Å². The minimum atomic E-state index is -0.972. The summed E-state index contributed by atoms with van der Waals surface area (Å²) in [7, 11) is 2.80. The number of methoxy groups -OCH3 is 2. The molecule has 1 aromatic carbocycles. The molecule has 1 aromatic rings. The lowest BCUT2D eigenvalue weighted by atomic mass is 9.93. The van der Waals surface area contributed by atoms with E-state index >= 15 is 0 Å². The molecule has 17 heavy (non-hydrogen) atoms. The van der Waals surface area contributed by atoms with Crippen LogP contribution in [0.3, 0.4) is 0 Å². The van der Waals surface area contributed by atoms with Crippen molar-refractivity contribution in [2.45, 2.75) is 19.4 Å². The van der Waals surface area contributed by atoms with E-state index < -0.39 is 11.4 Å². The fraction of sp³-hybridized carbons (Fsp3) is 0.417. The average Bonchev–Trinajstić information content (AvgIpc) is 2.28. The highest BCUT2D eigenvalue weighted by atomic mass is 19.1. The fourth-order valence-corrected chi connectivity index (χ4v) is 1.66. The van der Waals surface area contributed by atoms with Crippen molar-refractivity contribution in [3.05, 3.63) is 23.5 Å². The van der Waals surface area contributed by atoms with Gasteiger partial charge in [0.2, 0.25) is 6.08 Å². The van der Waals surface area contributed by atoms with Gasteiger partial charge in [0.15, 0.2) is 11.6 Å². The summed E-state index contributed by atoms with van der Waals surface area (Å²) in [6.45, 7) is 3.30. The van der Waals surface area contributed by atoms with Gasteiger partial charge in [-0.2, -0.15) is 4.99 Å². The highest BCUT2D eigenvalue weighted by Crippen LogP contribution is 2.41. The summed E-state index contributed by atoms with van der Waals surface area (Å²) in [6.07, 6.45) is 1.47. The highest BCUT2D eigenvalue weighted by molar-refractivity contribution is 5.51. The van der Waals surface area contributed by atoms with Crippen LogP contribution < -0.4 is 9.47 Å². The SMILES string of the molecule is COc1ccc(F)c(OC)c1C(C)(C)N=C=O. The lowest BCUT2D eigenvalue weighted by Crippen LogP contribution is -2.17. The fourth-order valence-electron chi connectivity index (χ4n) is 1.66. The summed E-state index contributed by atoms with van der Waals surface area (Å²) in [5.41, 5.74) is -0.591. The molecule has 0 unspecified atom stereocenters. The Morgan fingerprint density at radius 1 is 1.29 bits per heavy atom. The Balaban J connectivity index is 3.57. The van der Waals surface area contributed by atoms with Crippen LogP contribution in [0.15, 0.2) is 17.1 Å². The predicted octanol–water partition coefficient (Wildman–Crippen LogP) is 2.41. The number of aliphatic imine (C=N–C) groups is 1. The number of halogens is 1. The van der Waals surface area contributed by atoms with Crippen molar-refractivity contribution in [1.82, 2.24) is 0 Å².